The average molecular weight is 495 g/mol. The molecule has 194 valence electrons. The third-order valence-electron chi connectivity index (χ3n) is 5.25. The molecule has 12 nitrogen and oxygen atoms in total. The Labute approximate surface area is 203 Å². The number of nitrogens with two attached hydrogens (primary N) is 1. The molecule has 5 unspecified atom stereocenters. The highest BCUT2D eigenvalue weighted by atomic mass is 16.4. The van der Waals surface area contributed by atoms with E-state index in [-0.39, 0.29) is 12.8 Å². The normalized spacial score (nSPS) is 15.3. The lowest BCUT2D eigenvalue weighted by Crippen LogP contribution is -2.59. The summed E-state index contributed by atoms with van der Waals surface area (Å²) in [6.45, 7) is 4.52. The number of carbonyl (C=O) groups excluding carboxylic acids is 3. The topological polar surface area (TPSA) is 208 Å². The van der Waals surface area contributed by atoms with E-state index in [1.54, 1.807) is 44.2 Å². The van der Waals surface area contributed by atoms with Crippen LogP contribution < -0.4 is 21.7 Å². The molecule has 1 rings (SSSR count). The predicted molar refractivity (Wildman–Crippen MR) is 125 cm³/mol. The number of carboxylic acids is 2. The summed E-state index contributed by atoms with van der Waals surface area (Å²) < 4.78 is 0. The van der Waals surface area contributed by atoms with Gasteiger partial charge in [-0.25, -0.2) is 4.79 Å². The first-order valence-corrected chi connectivity index (χ1v) is 11.2. The number of carboxylic acid groups (broad SMARTS) is 2. The second-order valence-corrected chi connectivity index (χ2v) is 8.58. The van der Waals surface area contributed by atoms with Crippen LogP contribution in [0.5, 0.6) is 0 Å². The molecule has 1 aromatic rings. The molecule has 3 amide bonds. The highest BCUT2D eigenvalue weighted by molar-refractivity contribution is 5.94. The van der Waals surface area contributed by atoms with E-state index >= 15 is 0 Å². The van der Waals surface area contributed by atoms with Crippen LogP contribution in [0.15, 0.2) is 30.3 Å². The van der Waals surface area contributed by atoms with Crippen LogP contribution in [0, 0.1) is 5.92 Å². The number of carbonyl (C=O) groups is 5. The molecule has 5 atom stereocenters. The van der Waals surface area contributed by atoms with E-state index in [9.17, 15) is 34.2 Å². The zero-order chi connectivity index (χ0) is 26.7. The molecular formula is C23H34N4O8. The molecule has 1 aromatic carbocycles. The van der Waals surface area contributed by atoms with Gasteiger partial charge in [0.1, 0.15) is 24.2 Å². The minimum absolute atomic E-state index is 0.00956. The van der Waals surface area contributed by atoms with Gasteiger partial charge in [0.15, 0.2) is 0 Å². The predicted octanol–water partition coefficient (Wildman–Crippen LogP) is -1.00. The van der Waals surface area contributed by atoms with E-state index in [4.69, 9.17) is 10.8 Å². The highest BCUT2D eigenvalue weighted by Crippen LogP contribution is 2.08. The van der Waals surface area contributed by atoms with Gasteiger partial charge in [0, 0.05) is 12.8 Å². The Balaban J connectivity index is 3.15. The first kappa shape index (κ1) is 29.5. The summed E-state index contributed by atoms with van der Waals surface area (Å²) in [5.74, 6) is -5.37. The third kappa shape index (κ3) is 10.1. The maximum absolute atomic E-state index is 13.0. The Morgan fingerprint density at radius 3 is 1.89 bits per heavy atom. The number of nitrogens with one attached hydrogen (secondary N) is 3. The summed E-state index contributed by atoms with van der Waals surface area (Å²) >= 11 is 0. The number of aliphatic hydroxyl groups excluding tert-OH is 1. The third-order valence-corrected chi connectivity index (χ3v) is 5.25. The molecule has 0 fully saturated rings. The van der Waals surface area contributed by atoms with Crippen molar-refractivity contribution in [3.05, 3.63) is 35.9 Å². The lowest BCUT2D eigenvalue weighted by molar-refractivity contribution is -0.143. The monoisotopic (exact) mass is 494 g/mol. The van der Waals surface area contributed by atoms with Crippen molar-refractivity contribution < 1.29 is 39.3 Å². The van der Waals surface area contributed by atoms with Gasteiger partial charge in [-0.3, -0.25) is 19.2 Å². The summed E-state index contributed by atoms with van der Waals surface area (Å²) in [5.41, 5.74) is 6.27. The van der Waals surface area contributed by atoms with Gasteiger partial charge < -0.3 is 37.0 Å². The number of hydrogen-bond acceptors (Lipinski definition) is 7. The molecule has 0 aliphatic carbocycles. The van der Waals surface area contributed by atoms with Gasteiger partial charge in [-0.2, -0.15) is 0 Å². The van der Waals surface area contributed by atoms with Crippen molar-refractivity contribution in [3.8, 4) is 0 Å². The first-order chi connectivity index (χ1) is 16.3. The Bertz CT molecular complexity index is 891. The lowest BCUT2D eigenvalue weighted by atomic mass is 10.0. The van der Waals surface area contributed by atoms with Crippen LogP contribution >= 0.6 is 0 Å². The number of benzene rings is 1. The van der Waals surface area contributed by atoms with Crippen LogP contribution in [-0.2, 0) is 30.4 Å². The van der Waals surface area contributed by atoms with Crippen molar-refractivity contribution >= 4 is 29.7 Å². The smallest absolute Gasteiger partial charge is 0.326 e. The van der Waals surface area contributed by atoms with Crippen molar-refractivity contribution in [2.24, 2.45) is 11.7 Å². The zero-order valence-corrected chi connectivity index (χ0v) is 19.9. The second-order valence-electron chi connectivity index (χ2n) is 8.58. The molecule has 0 saturated heterocycles. The van der Waals surface area contributed by atoms with Crippen LogP contribution in [0.1, 0.15) is 39.2 Å². The molecule has 0 spiro atoms. The average Bonchev–Trinajstić information content (AvgIpc) is 2.78. The number of hydrogen-bond donors (Lipinski definition) is 7. The summed E-state index contributed by atoms with van der Waals surface area (Å²) in [5, 5.41) is 35.2. The molecule has 0 aliphatic heterocycles. The van der Waals surface area contributed by atoms with Gasteiger partial charge in [-0.1, -0.05) is 44.2 Å². The zero-order valence-electron chi connectivity index (χ0n) is 19.9. The molecule has 0 bridgehead atoms. The van der Waals surface area contributed by atoms with Crippen LogP contribution in [0.3, 0.4) is 0 Å². The molecule has 12 heteroatoms. The van der Waals surface area contributed by atoms with E-state index < -0.39 is 72.3 Å². The van der Waals surface area contributed by atoms with E-state index in [0.29, 0.717) is 5.56 Å². The lowest BCUT2D eigenvalue weighted by Gasteiger charge is -2.26. The SMILES string of the molecule is CC(C)C(NC(=O)C(Cc1ccccc1)NC(=O)C(CCC(=O)O)NC(=O)C(N)C(C)O)C(=O)O. The van der Waals surface area contributed by atoms with Crippen molar-refractivity contribution in [2.45, 2.75) is 70.3 Å². The number of aliphatic hydroxyl groups is 1. The first-order valence-electron chi connectivity index (χ1n) is 11.2. The molecule has 0 aliphatic rings. The quantitative estimate of drug-likeness (QED) is 0.169. The molecular weight excluding hydrogens is 460 g/mol. The largest absolute Gasteiger partial charge is 0.481 e. The van der Waals surface area contributed by atoms with Crippen LogP contribution in [0.4, 0.5) is 0 Å². The number of rotatable bonds is 14. The van der Waals surface area contributed by atoms with Gasteiger partial charge >= 0.3 is 11.9 Å². The molecule has 0 saturated carbocycles. The summed E-state index contributed by atoms with van der Waals surface area (Å²) in [6.07, 6.45) is -1.98. The maximum atomic E-state index is 13.0. The fourth-order valence-electron chi connectivity index (χ4n) is 3.12. The summed E-state index contributed by atoms with van der Waals surface area (Å²) in [6, 6.07) is 3.50. The van der Waals surface area contributed by atoms with E-state index in [1.165, 1.54) is 6.92 Å². The number of aliphatic carboxylic acids is 2. The van der Waals surface area contributed by atoms with E-state index in [0.717, 1.165) is 0 Å². The van der Waals surface area contributed by atoms with Gasteiger partial charge in [0.25, 0.3) is 0 Å². The Hall–Kier alpha value is -3.51. The summed E-state index contributed by atoms with van der Waals surface area (Å²) in [4.78, 5) is 60.9. The fourth-order valence-corrected chi connectivity index (χ4v) is 3.12. The van der Waals surface area contributed by atoms with Gasteiger partial charge in [0.05, 0.1) is 6.10 Å². The number of amides is 3. The van der Waals surface area contributed by atoms with Crippen molar-refractivity contribution in [2.75, 3.05) is 0 Å². The minimum atomic E-state index is -1.37. The van der Waals surface area contributed by atoms with Gasteiger partial charge in [-0.05, 0) is 24.8 Å². The molecule has 0 radical (unpaired) electrons. The Kier molecular flexibility index (Phi) is 11.8. The molecule has 0 heterocycles. The van der Waals surface area contributed by atoms with Crippen molar-refractivity contribution in [1.82, 2.24) is 16.0 Å². The molecule has 8 N–H and O–H groups in total. The Morgan fingerprint density at radius 2 is 1.40 bits per heavy atom. The van der Waals surface area contributed by atoms with Crippen LogP contribution in [0.25, 0.3) is 0 Å². The second kappa shape index (κ2) is 14.0. The fraction of sp³-hybridized carbons (Fsp3) is 0.522. The maximum Gasteiger partial charge on any atom is 0.326 e. The molecule has 0 aromatic heterocycles. The van der Waals surface area contributed by atoms with E-state index in [2.05, 4.69) is 16.0 Å². The van der Waals surface area contributed by atoms with Crippen molar-refractivity contribution in [1.29, 1.82) is 0 Å². The molecule has 35 heavy (non-hydrogen) atoms. The van der Waals surface area contributed by atoms with Crippen LogP contribution in [0.2, 0.25) is 0 Å². The standard InChI is InChI=1S/C23H34N4O8/c1-12(2)19(23(34)35)27-21(32)16(11-14-7-5-4-6-8-14)26-20(31)15(9-10-17(29)30)25-22(33)18(24)13(3)28/h4-8,12-13,15-16,18-19,28H,9-11,24H2,1-3H3,(H,25,33)(H,26,31)(H,27,32)(H,29,30)(H,34,35). The van der Waals surface area contributed by atoms with Crippen LogP contribution in [-0.4, -0.2) is 75.3 Å². The summed E-state index contributed by atoms with van der Waals surface area (Å²) in [7, 11) is 0. The highest BCUT2D eigenvalue weighted by Gasteiger charge is 2.32. The Morgan fingerprint density at radius 1 is 0.857 bits per heavy atom. The van der Waals surface area contributed by atoms with Gasteiger partial charge in [0.2, 0.25) is 17.7 Å². The van der Waals surface area contributed by atoms with Crippen molar-refractivity contribution in [3.63, 3.8) is 0 Å². The van der Waals surface area contributed by atoms with E-state index in [1.807, 2.05) is 0 Å². The minimum Gasteiger partial charge on any atom is -0.481 e. The van der Waals surface area contributed by atoms with Gasteiger partial charge in [-0.15, -0.1) is 0 Å².